The summed E-state index contributed by atoms with van der Waals surface area (Å²) < 4.78 is 9.98. The van der Waals surface area contributed by atoms with Gasteiger partial charge in [0.05, 0.1) is 6.61 Å². The minimum absolute atomic E-state index is 0.169. The number of ether oxygens (including phenoxy) is 2. The Labute approximate surface area is 308 Å². The molecule has 0 fully saturated rings. The van der Waals surface area contributed by atoms with Gasteiger partial charge in [-0.1, -0.05) is 184 Å². The summed E-state index contributed by atoms with van der Waals surface area (Å²) in [4.78, 5) is 22.8. The van der Waals surface area contributed by atoms with E-state index in [9.17, 15) is 14.7 Å². The number of aliphatic hydroxyl groups excluding tert-OH is 1. The van der Waals surface area contributed by atoms with Crippen LogP contribution >= 0.6 is 0 Å². The highest BCUT2D eigenvalue weighted by Gasteiger charge is 2.08. The van der Waals surface area contributed by atoms with Crippen LogP contribution in [-0.4, -0.2) is 61.4 Å². The van der Waals surface area contributed by atoms with Crippen molar-refractivity contribution in [3.05, 3.63) is 0 Å². The zero-order chi connectivity index (χ0) is 37.5. The fraction of sp³-hybridized carbons (Fsp3) is 0.953. The van der Waals surface area contributed by atoms with Gasteiger partial charge in [0, 0.05) is 6.54 Å². The van der Waals surface area contributed by atoms with Crippen molar-refractivity contribution >= 4 is 12.9 Å². The van der Waals surface area contributed by atoms with Crippen molar-refractivity contribution < 1.29 is 24.2 Å². The first-order valence-electron chi connectivity index (χ1n) is 21.6. The molecule has 0 aliphatic rings. The Balaban J connectivity index is -0.000000322. The highest BCUT2D eigenvalue weighted by atomic mass is 16.5. The van der Waals surface area contributed by atoms with Crippen molar-refractivity contribution in [1.29, 1.82) is 0 Å². The van der Waals surface area contributed by atoms with Crippen LogP contribution in [0.5, 0.6) is 0 Å². The molecule has 0 aliphatic heterocycles. The third kappa shape index (κ3) is 51.3. The Morgan fingerprint density at radius 1 is 0.429 bits per heavy atom. The van der Waals surface area contributed by atoms with Gasteiger partial charge in [-0.2, -0.15) is 0 Å². The lowest BCUT2D eigenvalue weighted by Gasteiger charge is -2.21. The van der Waals surface area contributed by atoms with Crippen LogP contribution in [-0.2, 0) is 19.1 Å². The highest BCUT2D eigenvalue weighted by Crippen LogP contribution is 2.13. The molecular formula is C43H91NO5. The molecule has 0 saturated carbocycles. The first-order valence-corrected chi connectivity index (χ1v) is 21.6. The van der Waals surface area contributed by atoms with Crippen molar-refractivity contribution in [2.24, 2.45) is 0 Å². The van der Waals surface area contributed by atoms with Crippen LogP contribution < -0.4 is 0 Å². The number of nitrogens with zero attached hydrogens (tertiary/aromatic N) is 1. The SMILES string of the molecule is CC.CCCCC(CCCC)OC=O.CCCCCC(CCCC)OC=O.CCCCCCCCCCN(CCO)CCCCCCCC. The predicted molar refractivity (Wildman–Crippen MR) is 215 cm³/mol. The second kappa shape index (κ2) is 53.6. The molecule has 0 aromatic carbocycles. The Morgan fingerprint density at radius 3 is 1.02 bits per heavy atom. The van der Waals surface area contributed by atoms with E-state index in [1.807, 2.05) is 13.8 Å². The van der Waals surface area contributed by atoms with E-state index < -0.39 is 0 Å². The lowest BCUT2D eigenvalue weighted by atomic mass is 10.1. The van der Waals surface area contributed by atoms with Gasteiger partial charge in [0.2, 0.25) is 0 Å². The number of carbonyl (C=O) groups excluding carboxylic acids is 2. The van der Waals surface area contributed by atoms with E-state index in [1.165, 1.54) is 142 Å². The molecule has 1 unspecified atom stereocenters. The maximum Gasteiger partial charge on any atom is 0.293 e. The molecule has 0 aromatic heterocycles. The quantitative estimate of drug-likeness (QED) is 0.0523. The third-order valence-corrected chi connectivity index (χ3v) is 8.84. The van der Waals surface area contributed by atoms with Gasteiger partial charge in [0.15, 0.2) is 0 Å². The van der Waals surface area contributed by atoms with E-state index in [2.05, 4.69) is 46.4 Å². The largest absolute Gasteiger partial charge is 0.465 e. The Bertz CT molecular complexity index is 554. The molecular weight excluding hydrogens is 610 g/mol. The summed E-state index contributed by atoms with van der Waals surface area (Å²) in [5.74, 6) is 0. The normalized spacial score (nSPS) is 11.1. The van der Waals surface area contributed by atoms with E-state index >= 15 is 0 Å². The minimum atomic E-state index is 0.169. The zero-order valence-corrected chi connectivity index (χ0v) is 34.8. The summed E-state index contributed by atoms with van der Waals surface area (Å²) in [5, 5.41) is 9.19. The van der Waals surface area contributed by atoms with Crippen LogP contribution in [0.15, 0.2) is 0 Å². The smallest absolute Gasteiger partial charge is 0.293 e. The molecule has 0 heterocycles. The van der Waals surface area contributed by atoms with Crippen LogP contribution in [0, 0.1) is 0 Å². The van der Waals surface area contributed by atoms with E-state index in [-0.39, 0.29) is 12.2 Å². The molecule has 0 radical (unpaired) electrons. The molecule has 6 heteroatoms. The van der Waals surface area contributed by atoms with Gasteiger partial charge in [0.25, 0.3) is 12.9 Å². The maximum atomic E-state index is 10.2. The summed E-state index contributed by atoms with van der Waals surface area (Å²) in [7, 11) is 0. The number of hydrogen-bond donors (Lipinski definition) is 1. The molecule has 1 N–H and O–H groups in total. The Hall–Kier alpha value is -1.14. The molecule has 0 saturated heterocycles. The van der Waals surface area contributed by atoms with Crippen LogP contribution in [0.25, 0.3) is 0 Å². The molecule has 0 aromatic rings. The van der Waals surface area contributed by atoms with Crippen molar-refractivity contribution in [2.45, 2.75) is 241 Å². The minimum Gasteiger partial charge on any atom is -0.465 e. The van der Waals surface area contributed by atoms with Crippen LogP contribution in [0.1, 0.15) is 229 Å². The standard InChI is InChI=1S/C20H43NO.C11H22O2.C10H20O2.C2H6/c1-3-5-7-9-11-12-14-16-18-21(19-20-22)17-15-13-10-8-6-4-2;1-3-5-7-9-11(13-10-12)8-6-4-2;1-3-5-7-10(12-9-11)8-6-4-2;1-2/h22H,3-20H2,1-2H3;10-11H,3-9H2,1-2H3;9-10H,3-8H2,1-2H3;1-2H3. The summed E-state index contributed by atoms with van der Waals surface area (Å²) in [5.41, 5.74) is 0. The highest BCUT2D eigenvalue weighted by molar-refractivity contribution is 5.37. The summed E-state index contributed by atoms with van der Waals surface area (Å²) in [6.45, 7) is 21.9. The number of aliphatic hydroxyl groups is 1. The summed E-state index contributed by atoms with van der Waals surface area (Å²) in [6.07, 6.45) is 34.3. The second-order valence-corrected chi connectivity index (χ2v) is 13.4. The molecule has 0 bridgehead atoms. The van der Waals surface area contributed by atoms with Crippen LogP contribution in [0.2, 0.25) is 0 Å². The monoisotopic (exact) mass is 702 g/mol. The van der Waals surface area contributed by atoms with Crippen molar-refractivity contribution in [2.75, 3.05) is 26.2 Å². The molecule has 1 atom stereocenters. The molecule has 49 heavy (non-hydrogen) atoms. The van der Waals surface area contributed by atoms with E-state index in [0.29, 0.717) is 19.6 Å². The lowest BCUT2D eigenvalue weighted by Crippen LogP contribution is -2.29. The third-order valence-electron chi connectivity index (χ3n) is 8.84. The first kappa shape index (κ1) is 54.6. The zero-order valence-electron chi connectivity index (χ0n) is 34.8. The van der Waals surface area contributed by atoms with E-state index in [1.54, 1.807) is 0 Å². The number of hydrogen-bond acceptors (Lipinski definition) is 6. The Kier molecular flexibility index (Phi) is 59.8. The number of unbranched alkanes of at least 4 members (excludes halogenated alkanes) is 17. The average Bonchev–Trinajstić information content (AvgIpc) is 3.12. The van der Waals surface area contributed by atoms with Gasteiger partial charge in [-0.3, -0.25) is 9.59 Å². The van der Waals surface area contributed by atoms with Gasteiger partial charge in [0.1, 0.15) is 12.2 Å². The van der Waals surface area contributed by atoms with Crippen molar-refractivity contribution in [1.82, 2.24) is 4.90 Å². The van der Waals surface area contributed by atoms with Gasteiger partial charge in [-0.05, 0) is 58.0 Å². The predicted octanol–water partition coefficient (Wildman–Crippen LogP) is 13.0. The fourth-order valence-corrected chi connectivity index (χ4v) is 5.70. The summed E-state index contributed by atoms with van der Waals surface area (Å²) in [6, 6.07) is 0. The number of carbonyl (C=O) groups is 2. The van der Waals surface area contributed by atoms with Gasteiger partial charge >= 0.3 is 0 Å². The molecule has 0 aliphatic carbocycles. The van der Waals surface area contributed by atoms with Gasteiger partial charge in [-0.25, -0.2) is 0 Å². The average molecular weight is 702 g/mol. The topological polar surface area (TPSA) is 76.1 Å². The maximum absolute atomic E-state index is 10.2. The molecule has 0 amide bonds. The molecule has 298 valence electrons. The first-order chi connectivity index (χ1) is 24.0. The number of rotatable bonds is 35. The lowest BCUT2D eigenvalue weighted by molar-refractivity contribution is -0.135. The molecule has 6 nitrogen and oxygen atoms in total. The van der Waals surface area contributed by atoms with Gasteiger partial charge < -0.3 is 19.5 Å². The van der Waals surface area contributed by atoms with E-state index in [4.69, 9.17) is 9.47 Å². The molecule has 0 spiro atoms. The fourth-order valence-electron chi connectivity index (χ4n) is 5.70. The van der Waals surface area contributed by atoms with Crippen LogP contribution in [0.3, 0.4) is 0 Å². The Morgan fingerprint density at radius 2 is 0.714 bits per heavy atom. The molecule has 0 rings (SSSR count). The summed E-state index contributed by atoms with van der Waals surface area (Å²) >= 11 is 0. The van der Waals surface area contributed by atoms with Gasteiger partial charge in [-0.15, -0.1) is 0 Å². The van der Waals surface area contributed by atoms with Crippen LogP contribution in [0.4, 0.5) is 0 Å². The van der Waals surface area contributed by atoms with Crippen molar-refractivity contribution in [3.8, 4) is 0 Å². The second-order valence-electron chi connectivity index (χ2n) is 13.4. The van der Waals surface area contributed by atoms with E-state index in [0.717, 1.165) is 51.5 Å². The van der Waals surface area contributed by atoms with Crippen molar-refractivity contribution in [3.63, 3.8) is 0 Å².